The Morgan fingerprint density at radius 1 is 1.22 bits per heavy atom. The molecule has 1 heterocycles. The molecule has 0 aliphatic heterocycles. The Morgan fingerprint density at radius 3 is 2.57 bits per heavy atom. The highest BCUT2D eigenvalue weighted by Crippen LogP contribution is 2.08. The lowest BCUT2D eigenvalue weighted by atomic mass is 10.2. The maximum absolute atomic E-state index is 12.5. The van der Waals surface area contributed by atoms with Crippen LogP contribution in [0.25, 0.3) is 0 Å². The first-order valence-electron chi connectivity index (χ1n) is 7.53. The third kappa shape index (κ3) is 5.25. The SMILES string of the molecule is CCOC(=O)CN(Cc1ccccc1)C(=O)Cc1cnn(C)c1. The summed E-state index contributed by atoms with van der Waals surface area (Å²) < 4.78 is 6.61. The highest BCUT2D eigenvalue weighted by molar-refractivity contribution is 5.83. The third-order valence-corrected chi connectivity index (χ3v) is 3.31. The predicted molar refractivity (Wildman–Crippen MR) is 85.4 cm³/mol. The van der Waals surface area contributed by atoms with E-state index in [0.29, 0.717) is 13.2 Å². The van der Waals surface area contributed by atoms with E-state index in [0.717, 1.165) is 11.1 Å². The van der Waals surface area contributed by atoms with Crippen LogP contribution in [0.15, 0.2) is 42.7 Å². The second kappa shape index (κ2) is 8.12. The van der Waals surface area contributed by atoms with Crippen LogP contribution in [-0.4, -0.2) is 39.7 Å². The molecule has 23 heavy (non-hydrogen) atoms. The van der Waals surface area contributed by atoms with Crippen LogP contribution in [0, 0.1) is 0 Å². The van der Waals surface area contributed by atoms with Gasteiger partial charge in [-0.05, 0) is 18.1 Å². The van der Waals surface area contributed by atoms with Crippen molar-refractivity contribution in [1.29, 1.82) is 0 Å². The van der Waals surface area contributed by atoms with E-state index < -0.39 is 5.97 Å². The second-order valence-corrected chi connectivity index (χ2v) is 5.24. The number of nitrogens with zero attached hydrogens (tertiary/aromatic N) is 3. The van der Waals surface area contributed by atoms with E-state index in [4.69, 9.17) is 4.74 Å². The molecule has 1 amide bonds. The minimum atomic E-state index is -0.400. The molecule has 0 bridgehead atoms. The van der Waals surface area contributed by atoms with E-state index in [2.05, 4.69) is 5.10 Å². The number of amides is 1. The van der Waals surface area contributed by atoms with Crippen LogP contribution in [0.5, 0.6) is 0 Å². The van der Waals surface area contributed by atoms with Crippen molar-refractivity contribution in [2.75, 3.05) is 13.2 Å². The van der Waals surface area contributed by atoms with Crippen LogP contribution in [-0.2, 0) is 34.3 Å². The molecule has 0 spiro atoms. The Kier molecular flexibility index (Phi) is 5.91. The van der Waals surface area contributed by atoms with E-state index in [1.165, 1.54) is 4.90 Å². The Balaban J connectivity index is 2.07. The van der Waals surface area contributed by atoms with Gasteiger partial charge < -0.3 is 9.64 Å². The van der Waals surface area contributed by atoms with Crippen LogP contribution in [0.3, 0.4) is 0 Å². The van der Waals surface area contributed by atoms with E-state index in [9.17, 15) is 9.59 Å². The minimum absolute atomic E-state index is 0.0537. The van der Waals surface area contributed by atoms with Crippen molar-refractivity contribution in [3.8, 4) is 0 Å². The number of hydrogen-bond acceptors (Lipinski definition) is 4. The number of carbonyl (C=O) groups excluding carboxylic acids is 2. The molecular weight excluding hydrogens is 294 g/mol. The maximum Gasteiger partial charge on any atom is 0.325 e. The molecule has 0 atom stereocenters. The summed E-state index contributed by atoms with van der Waals surface area (Å²) in [6.45, 7) is 2.37. The fourth-order valence-electron chi connectivity index (χ4n) is 2.25. The van der Waals surface area contributed by atoms with Gasteiger partial charge in [-0.25, -0.2) is 0 Å². The fraction of sp³-hybridized carbons (Fsp3) is 0.353. The molecule has 1 aromatic heterocycles. The zero-order valence-corrected chi connectivity index (χ0v) is 13.4. The van der Waals surface area contributed by atoms with E-state index in [-0.39, 0.29) is 18.9 Å². The number of benzene rings is 1. The number of rotatable bonds is 7. The lowest BCUT2D eigenvalue weighted by Gasteiger charge is -2.21. The molecule has 6 nitrogen and oxygen atoms in total. The van der Waals surface area contributed by atoms with Crippen LogP contribution >= 0.6 is 0 Å². The Morgan fingerprint density at radius 2 is 1.96 bits per heavy atom. The molecule has 0 unspecified atom stereocenters. The summed E-state index contributed by atoms with van der Waals surface area (Å²) in [5.41, 5.74) is 1.79. The van der Waals surface area contributed by atoms with Crippen LogP contribution in [0.1, 0.15) is 18.1 Å². The first-order valence-corrected chi connectivity index (χ1v) is 7.53. The average molecular weight is 315 g/mol. The fourth-order valence-corrected chi connectivity index (χ4v) is 2.25. The second-order valence-electron chi connectivity index (χ2n) is 5.24. The van der Waals surface area contributed by atoms with Gasteiger partial charge in [0.25, 0.3) is 0 Å². The van der Waals surface area contributed by atoms with Gasteiger partial charge in [0.15, 0.2) is 0 Å². The summed E-state index contributed by atoms with van der Waals surface area (Å²) in [5, 5.41) is 4.06. The van der Waals surface area contributed by atoms with E-state index in [1.807, 2.05) is 30.3 Å². The van der Waals surface area contributed by atoms with Crippen molar-refractivity contribution in [2.24, 2.45) is 7.05 Å². The summed E-state index contributed by atoms with van der Waals surface area (Å²) in [6.07, 6.45) is 3.66. The van der Waals surface area contributed by atoms with Gasteiger partial charge >= 0.3 is 5.97 Å². The van der Waals surface area contributed by atoms with Crippen LogP contribution in [0.4, 0.5) is 0 Å². The monoisotopic (exact) mass is 315 g/mol. The quantitative estimate of drug-likeness (QED) is 0.727. The summed E-state index contributed by atoms with van der Waals surface area (Å²) in [6, 6.07) is 9.58. The highest BCUT2D eigenvalue weighted by Gasteiger charge is 2.19. The molecule has 0 N–H and O–H groups in total. The van der Waals surface area contributed by atoms with Gasteiger partial charge in [0.1, 0.15) is 6.54 Å². The molecule has 122 valence electrons. The molecule has 0 aliphatic carbocycles. The Hall–Kier alpha value is -2.63. The van der Waals surface area contributed by atoms with Gasteiger partial charge in [0.05, 0.1) is 19.2 Å². The maximum atomic E-state index is 12.5. The largest absolute Gasteiger partial charge is 0.465 e. The van der Waals surface area contributed by atoms with Crippen molar-refractivity contribution in [1.82, 2.24) is 14.7 Å². The van der Waals surface area contributed by atoms with Crippen molar-refractivity contribution in [2.45, 2.75) is 19.9 Å². The van der Waals surface area contributed by atoms with Gasteiger partial charge in [0, 0.05) is 19.8 Å². The van der Waals surface area contributed by atoms with Crippen molar-refractivity contribution in [3.63, 3.8) is 0 Å². The van der Waals surface area contributed by atoms with Gasteiger partial charge in [-0.3, -0.25) is 14.3 Å². The third-order valence-electron chi connectivity index (χ3n) is 3.31. The molecule has 0 radical (unpaired) electrons. The van der Waals surface area contributed by atoms with Crippen LogP contribution in [0.2, 0.25) is 0 Å². The molecule has 1 aromatic carbocycles. The molecule has 0 aliphatic rings. The number of carbonyl (C=O) groups is 2. The lowest BCUT2D eigenvalue weighted by molar-refractivity contribution is -0.149. The van der Waals surface area contributed by atoms with Crippen molar-refractivity contribution < 1.29 is 14.3 Å². The first-order chi connectivity index (χ1) is 11.1. The molecule has 2 rings (SSSR count). The lowest BCUT2D eigenvalue weighted by Crippen LogP contribution is -2.37. The van der Waals surface area contributed by atoms with E-state index >= 15 is 0 Å². The number of esters is 1. The molecule has 2 aromatic rings. The number of hydrogen-bond donors (Lipinski definition) is 0. The highest BCUT2D eigenvalue weighted by atomic mass is 16.5. The van der Waals surface area contributed by atoms with Gasteiger partial charge in [-0.2, -0.15) is 5.10 Å². The standard InChI is InChI=1S/C17H21N3O3/c1-3-23-17(22)13-20(12-14-7-5-4-6-8-14)16(21)9-15-10-18-19(2)11-15/h4-8,10-11H,3,9,12-13H2,1-2H3. The van der Waals surface area contributed by atoms with Gasteiger partial charge in [0.2, 0.25) is 5.91 Å². The summed E-state index contributed by atoms with van der Waals surface area (Å²) in [7, 11) is 1.80. The Labute approximate surface area is 135 Å². The smallest absolute Gasteiger partial charge is 0.325 e. The number of ether oxygens (including phenoxy) is 1. The summed E-state index contributed by atoms with van der Waals surface area (Å²) in [5.74, 6) is -0.530. The topological polar surface area (TPSA) is 64.4 Å². The predicted octanol–water partition coefficient (Wildman–Crippen LogP) is 1.55. The number of aromatic nitrogens is 2. The van der Waals surface area contributed by atoms with Crippen molar-refractivity contribution >= 4 is 11.9 Å². The summed E-state index contributed by atoms with van der Waals surface area (Å²) in [4.78, 5) is 25.8. The first kappa shape index (κ1) is 16.7. The molecule has 6 heteroatoms. The zero-order valence-electron chi connectivity index (χ0n) is 13.4. The van der Waals surface area contributed by atoms with Crippen molar-refractivity contribution in [3.05, 3.63) is 53.9 Å². The average Bonchev–Trinajstić information content (AvgIpc) is 2.93. The molecule has 0 fully saturated rings. The normalized spacial score (nSPS) is 10.3. The molecular formula is C17H21N3O3. The van der Waals surface area contributed by atoms with Gasteiger partial charge in [-0.15, -0.1) is 0 Å². The summed E-state index contributed by atoms with van der Waals surface area (Å²) >= 11 is 0. The molecule has 0 saturated heterocycles. The Bertz CT molecular complexity index is 652. The minimum Gasteiger partial charge on any atom is -0.465 e. The van der Waals surface area contributed by atoms with E-state index in [1.54, 1.807) is 31.0 Å². The van der Waals surface area contributed by atoms with Gasteiger partial charge in [-0.1, -0.05) is 30.3 Å². The van der Waals surface area contributed by atoms with Crippen LogP contribution < -0.4 is 0 Å². The zero-order chi connectivity index (χ0) is 16.7. The number of aryl methyl sites for hydroxylation is 1. The molecule has 0 saturated carbocycles.